The summed E-state index contributed by atoms with van der Waals surface area (Å²) in [7, 11) is -3.22. The first-order valence-corrected chi connectivity index (χ1v) is 19.4. The van der Waals surface area contributed by atoms with E-state index in [4.69, 9.17) is 9.47 Å². The van der Waals surface area contributed by atoms with Crippen molar-refractivity contribution in [3.63, 3.8) is 0 Å². The van der Waals surface area contributed by atoms with Gasteiger partial charge < -0.3 is 0 Å². The number of fused-ring (bicyclic) bond motifs is 6. The number of anilines is 3. The first-order chi connectivity index (χ1) is 25.2. The predicted molar refractivity (Wildman–Crippen MR) is 207 cm³/mol. The van der Waals surface area contributed by atoms with E-state index < -0.39 is 8.07 Å². The Kier molecular flexibility index (Phi) is 6.35. The second-order valence-electron chi connectivity index (χ2n) is 13.4. The van der Waals surface area contributed by atoms with Gasteiger partial charge in [0, 0.05) is 0 Å². The van der Waals surface area contributed by atoms with Gasteiger partial charge in [0.05, 0.1) is 0 Å². The molecule has 3 aliphatic heterocycles. The van der Waals surface area contributed by atoms with Gasteiger partial charge in [0.1, 0.15) is 0 Å². The normalized spacial score (nSPS) is 14.5. The van der Waals surface area contributed by atoms with Crippen LogP contribution in [-0.4, -0.2) is 14.8 Å². The predicted octanol–water partition coefficient (Wildman–Crippen LogP) is 5.05. The van der Waals surface area contributed by atoms with Crippen molar-refractivity contribution in [3.8, 4) is 35.1 Å². The zero-order chi connectivity index (χ0) is 34.1. The van der Waals surface area contributed by atoms with Gasteiger partial charge >= 0.3 is 298 Å². The molecule has 0 aliphatic carbocycles. The van der Waals surface area contributed by atoms with Gasteiger partial charge in [0.25, 0.3) is 0 Å². The summed E-state index contributed by atoms with van der Waals surface area (Å²) >= 11 is 0. The first kappa shape index (κ1) is 29.1. The molecule has 3 heterocycles. The zero-order valence-electron chi connectivity index (χ0n) is 27.3. The third kappa shape index (κ3) is 4.13. The van der Waals surface area contributed by atoms with Crippen molar-refractivity contribution in [2.75, 3.05) is 4.90 Å². The molecular formula is C44H27BN3O2Si-. The van der Waals surface area contributed by atoms with Crippen LogP contribution in [0.3, 0.4) is 0 Å². The number of ether oxygens (including phenoxy) is 2. The Morgan fingerprint density at radius 2 is 0.941 bits per heavy atom. The number of para-hydroxylation sites is 2. The summed E-state index contributed by atoms with van der Waals surface area (Å²) in [5.41, 5.74) is 7.04. The molecule has 0 spiro atoms. The second kappa shape index (κ2) is 11.1. The minimum absolute atomic E-state index is 0.185. The minimum atomic E-state index is -3.22. The summed E-state index contributed by atoms with van der Waals surface area (Å²) in [5, 5.41) is 24.9. The Balaban J connectivity index is 1.24. The molecule has 0 saturated carbocycles. The van der Waals surface area contributed by atoms with E-state index in [1.807, 2.05) is 36.4 Å². The Morgan fingerprint density at radius 3 is 1.41 bits per heavy atom. The van der Waals surface area contributed by atoms with Crippen molar-refractivity contribution >= 4 is 69.0 Å². The van der Waals surface area contributed by atoms with Crippen molar-refractivity contribution in [1.82, 2.24) is 0 Å². The van der Waals surface area contributed by atoms with Gasteiger partial charge in [0.15, 0.2) is 0 Å². The summed E-state index contributed by atoms with van der Waals surface area (Å²) in [6.07, 6.45) is 0. The van der Waals surface area contributed by atoms with Crippen molar-refractivity contribution in [2.24, 2.45) is 0 Å². The van der Waals surface area contributed by atoms with Gasteiger partial charge in [0.2, 0.25) is 0 Å². The summed E-state index contributed by atoms with van der Waals surface area (Å²) in [6.45, 7) is -0.185. The maximum atomic E-state index is 9.78. The molecule has 7 aromatic rings. The van der Waals surface area contributed by atoms with E-state index in [-0.39, 0.29) is 6.71 Å². The fourth-order valence-corrected chi connectivity index (χ4v) is 14.7. The van der Waals surface area contributed by atoms with Crippen molar-refractivity contribution in [1.29, 1.82) is 10.5 Å². The second-order valence-corrected chi connectivity index (χ2v) is 17.7. The van der Waals surface area contributed by atoms with E-state index in [0.29, 0.717) is 34.1 Å². The Labute approximate surface area is 296 Å². The number of rotatable bonds is 3. The third-order valence-electron chi connectivity index (χ3n) is 10.9. The SMILES string of the molecule is N#Cc1ccc2c(c1)Oc1cc(N3c4ccccc4[SiH-](c4ccccc4)(c4ccccc4)c4ccccc43)cc3c1B2c1ccc(C#N)cc1O3. The summed E-state index contributed by atoms with van der Waals surface area (Å²) in [4.78, 5) is 2.34. The monoisotopic (exact) mass is 668 g/mol. The Morgan fingerprint density at radius 1 is 0.490 bits per heavy atom. The third-order valence-corrected chi connectivity index (χ3v) is 16.5. The fraction of sp³-hybridized carbons (Fsp3) is 0. The molecule has 0 radical (unpaired) electrons. The molecule has 5 nitrogen and oxygen atoms in total. The zero-order valence-corrected chi connectivity index (χ0v) is 28.5. The van der Waals surface area contributed by atoms with E-state index in [0.717, 1.165) is 33.5 Å². The quantitative estimate of drug-likeness (QED) is 0.247. The van der Waals surface area contributed by atoms with Crippen molar-refractivity contribution in [3.05, 3.63) is 169 Å². The number of hydrogen-bond acceptors (Lipinski definition) is 5. The van der Waals surface area contributed by atoms with E-state index in [1.54, 1.807) is 0 Å². The van der Waals surface area contributed by atoms with Crippen LogP contribution >= 0.6 is 0 Å². The average Bonchev–Trinajstić information content (AvgIpc) is 3.19. The molecule has 0 atom stereocenters. The summed E-state index contributed by atoms with van der Waals surface area (Å²) in [5.74, 6) is 2.66. The van der Waals surface area contributed by atoms with Crippen LogP contribution in [0, 0.1) is 22.7 Å². The number of nitrogens with zero attached hydrogens (tertiary/aromatic N) is 3. The number of hydrogen-bond donors (Lipinski definition) is 0. The molecule has 0 aromatic heterocycles. The molecule has 0 amide bonds. The average molecular weight is 669 g/mol. The van der Waals surface area contributed by atoms with Crippen LogP contribution in [0.4, 0.5) is 17.1 Å². The molecule has 3 aliphatic rings. The van der Waals surface area contributed by atoms with E-state index in [1.165, 1.54) is 20.7 Å². The van der Waals surface area contributed by atoms with Crippen LogP contribution in [0.25, 0.3) is 0 Å². The maximum absolute atomic E-state index is 9.78. The van der Waals surface area contributed by atoms with Crippen LogP contribution < -0.4 is 51.5 Å². The molecular weight excluding hydrogens is 641 g/mol. The molecule has 238 valence electrons. The van der Waals surface area contributed by atoms with Crippen LogP contribution in [-0.2, 0) is 0 Å². The van der Waals surface area contributed by atoms with Crippen molar-refractivity contribution < 1.29 is 9.47 Å². The van der Waals surface area contributed by atoms with Gasteiger partial charge in [-0.05, 0) is 0 Å². The van der Waals surface area contributed by atoms with E-state index in [2.05, 4.69) is 138 Å². The summed E-state index contributed by atoms with van der Waals surface area (Å²) in [6, 6.07) is 59.6. The molecule has 0 fully saturated rings. The van der Waals surface area contributed by atoms with Crippen LogP contribution in [0.15, 0.2) is 158 Å². The van der Waals surface area contributed by atoms with E-state index in [9.17, 15) is 10.5 Å². The topological polar surface area (TPSA) is 69.3 Å². The molecule has 7 aromatic carbocycles. The van der Waals surface area contributed by atoms with Crippen LogP contribution in [0.2, 0.25) is 0 Å². The van der Waals surface area contributed by atoms with Gasteiger partial charge in [-0.1, -0.05) is 0 Å². The molecule has 7 heteroatoms. The standard InChI is InChI=1S/C44H27BN3O2Si/c46-27-29-19-21-34-38(23-29)49-40-25-31(26-41-44(40)45(34)35-22-20-30(28-47)24-39(35)50-41)48-36-15-7-9-17-42(36)51(32-11-3-1-4-12-32,33-13-5-2-6-14-33)43-18-10-8-16-37(43)48/h1-26,51H/q-1. The first-order valence-electron chi connectivity index (χ1n) is 17.1. The van der Waals surface area contributed by atoms with Gasteiger partial charge in [-0.3, -0.25) is 0 Å². The summed E-state index contributed by atoms with van der Waals surface area (Å²) < 4.78 is 13.4. The Bertz CT molecular complexity index is 2470. The van der Waals surface area contributed by atoms with E-state index >= 15 is 0 Å². The molecule has 0 N–H and O–H groups in total. The number of benzene rings is 7. The number of nitriles is 2. The van der Waals surface area contributed by atoms with Gasteiger partial charge in [-0.25, -0.2) is 0 Å². The Hall–Kier alpha value is -6.80. The van der Waals surface area contributed by atoms with Crippen LogP contribution in [0.1, 0.15) is 11.1 Å². The molecule has 0 unspecified atom stereocenters. The van der Waals surface area contributed by atoms with Crippen molar-refractivity contribution in [2.45, 2.75) is 0 Å². The molecule has 10 rings (SSSR count). The fourth-order valence-electron chi connectivity index (χ4n) is 8.83. The molecule has 0 bridgehead atoms. The van der Waals surface area contributed by atoms with Crippen LogP contribution in [0.5, 0.6) is 23.0 Å². The van der Waals surface area contributed by atoms with Gasteiger partial charge in [-0.2, -0.15) is 0 Å². The van der Waals surface area contributed by atoms with Gasteiger partial charge in [-0.15, -0.1) is 0 Å². The molecule has 0 saturated heterocycles. The molecule has 51 heavy (non-hydrogen) atoms.